The van der Waals surface area contributed by atoms with Gasteiger partial charge >= 0.3 is 17.7 Å². The van der Waals surface area contributed by atoms with E-state index in [4.69, 9.17) is 23.7 Å². The molecule has 1 aliphatic rings. The molecule has 1 aliphatic heterocycles. The quantitative estimate of drug-likeness (QED) is 0.468. The van der Waals surface area contributed by atoms with E-state index in [-0.39, 0.29) is 46.3 Å². The highest BCUT2D eigenvalue weighted by Gasteiger charge is 2.55. The van der Waals surface area contributed by atoms with E-state index in [0.717, 1.165) is 5.56 Å². The standard InChI is InChI=1S/C26H24O9/c1-31-19-12-16(13-20(32-2)23(19)33-3)22-17-10-7-11-18(34-14-15-8-5-4-6-9-15)21(17)24(27)35-26(22,30)25(28)29/h4-13,22,30H,14H2,1-3H3,(H,28,29). The van der Waals surface area contributed by atoms with Crippen molar-refractivity contribution in [2.24, 2.45) is 0 Å². The third-order valence-corrected chi connectivity index (χ3v) is 5.78. The molecule has 0 bridgehead atoms. The molecule has 0 fully saturated rings. The van der Waals surface area contributed by atoms with Gasteiger partial charge in [0.25, 0.3) is 0 Å². The zero-order valence-corrected chi connectivity index (χ0v) is 19.3. The van der Waals surface area contributed by atoms with Gasteiger partial charge in [0.2, 0.25) is 5.75 Å². The SMILES string of the molecule is COc1cc(C2c3cccc(OCc4ccccc4)c3C(=O)OC2(O)C(=O)O)cc(OC)c1OC. The third kappa shape index (κ3) is 4.22. The molecular weight excluding hydrogens is 456 g/mol. The largest absolute Gasteiger partial charge is 0.493 e. The fourth-order valence-corrected chi connectivity index (χ4v) is 4.17. The van der Waals surface area contributed by atoms with Crippen molar-refractivity contribution in [3.8, 4) is 23.0 Å². The molecule has 1 heterocycles. The van der Waals surface area contributed by atoms with Crippen LogP contribution in [0, 0.1) is 0 Å². The summed E-state index contributed by atoms with van der Waals surface area (Å²) in [6.07, 6.45) is 0. The molecule has 2 unspecified atom stereocenters. The Labute approximate surface area is 201 Å². The maximum Gasteiger partial charge on any atom is 0.378 e. The predicted octanol–water partition coefficient (Wildman–Crippen LogP) is 3.37. The van der Waals surface area contributed by atoms with Crippen LogP contribution >= 0.6 is 0 Å². The number of carboxylic acids is 1. The first-order valence-corrected chi connectivity index (χ1v) is 10.6. The Balaban J connectivity index is 1.88. The maximum atomic E-state index is 13.0. The second-order valence-corrected chi connectivity index (χ2v) is 7.78. The lowest BCUT2D eigenvalue weighted by molar-refractivity contribution is -0.211. The monoisotopic (exact) mass is 480 g/mol. The van der Waals surface area contributed by atoms with E-state index in [1.165, 1.54) is 33.5 Å². The van der Waals surface area contributed by atoms with Gasteiger partial charge in [-0.05, 0) is 34.9 Å². The van der Waals surface area contributed by atoms with E-state index in [1.807, 2.05) is 30.3 Å². The van der Waals surface area contributed by atoms with Crippen molar-refractivity contribution in [1.29, 1.82) is 0 Å². The van der Waals surface area contributed by atoms with E-state index in [9.17, 15) is 19.8 Å². The van der Waals surface area contributed by atoms with Gasteiger partial charge in [-0.3, -0.25) is 0 Å². The molecule has 0 saturated carbocycles. The summed E-state index contributed by atoms with van der Waals surface area (Å²) < 4.78 is 27.2. The number of methoxy groups -OCH3 is 3. The number of carbonyl (C=O) groups excluding carboxylic acids is 1. The number of fused-ring (bicyclic) bond motifs is 1. The Morgan fingerprint density at radius 2 is 1.60 bits per heavy atom. The van der Waals surface area contributed by atoms with E-state index in [1.54, 1.807) is 18.2 Å². The zero-order valence-electron chi connectivity index (χ0n) is 19.3. The minimum absolute atomic E-state index is 0.0214. The molecule has 3 aromatic rings. The molecule has 4 rings (SSSR count). The molecule has 0 amide bonds. The Hall–Kier alpha value is -4.24. The van der Waals surface area contributed by atoms with Crippen LogP contribution in [-0.2, 0) is 16.1 Å². The van der Waals surface area contributed by atoms with Gasteiger partial charge in [-0.25, -0.2) is 9.59 Å². The van der Waals surface area contributed by atoms with Crippen LogP contribution < -0.4 is 18.9 Å². The number of cyclic esters (lactones) is 1. The Morgan fingerprint density at radius 3 is 2.17 bits per heavy atom. The highest BCUT2D eigenvalue weighted by atomic mass is 16.7. The summed E-state index contributed by atoms with van der Waals surface area (Å²) in [5, 5.41) is 21.0. The first-order valence-electron chi connectivity index (χ1n) is 10.6. The van der Waals surface area contributed by atoms with Gasteiger partial charge in [0, 0.05) is 0 Å². The minimum Gasteiger partial charge on any atom is -0.493 e. The second kappa shape index (κ2) is 9.55. The zero-order chi connectivity index (χ0) is 25.2. The Kier molecular flexibility index (Phi) is 6.52. The topological polar surface area (TPSA) is 121 Å². The first-order chi connectivity index (χ1) is 16.8. The summed E-state index contributed by atoms with van der Waals surface area (Å²) in [5.41, 5.74) is 1.37. The number of hydrogen-bond acceptors (Lipinski definition) is 8. The van der Waals surface area contributed by atoms with Crippen LogP contribution in [0.1, 0.15) is 33.0 Å². The minimum atomic E-state index is -2.90. The fraction of sp³-hybridized carbons (Fsp3) is 0.231. The molecule has 0 radical (unpaired) electrons. The van der Waals surface area contributed by atoms with Gasteiger partial charge in [0.1, 0.15) is 17.9 Å². The summed E-state index contributed by atoms with van der Waals surface area (Å²) >= 11 is 0. The Morgan fingerprint density at radius 1 is 0.943 bits per heavy atom. The number of benzene rings is 3. The molecule has 35 heavy (non-hydrogen) atoms. The third-order valence-electron chi connectivity index (χ3n) is 5.78. The normalized spacial score (nSPS) is 18.7. The number of ether oxygens (including phenoxy) is 5. The van der Waals surface area contributed by atoms with Crippen LogP contribution in [0.3, 0.4) is 0 Å². The van der Waals surface area contributed by atoms with Crippen LogP contribution in [0.15, 0.2) is 60.7 Å². The summed E-state index contributed by atoms with van der Waals surface area (Å²) in [6, 6.07) is 17.1. The summed E-state index contributed by atoms with van der Waals surface area (Å²) in [4.78, 5) is 25.2. The van der Waals surface area contributed by atoms with Crippen molar-refractivity contribution < 1.29 is 43.5 Å². The summed E-state index contributed by atoms with van der Waals surface area (Å²) in [7, 11) is 4.26. The number of rotatable bonds is 8. The number of carboxylic acid groups (broad SMARTS) is 1. The molecule has 3 aromatic carbocycles. The van der Waals surface area contributed by atoms with Gasteiger partial charge in [0.15, 0.2) is 11.5 Å². The van der Waals surface area contributed by atoms with Crippen molar-refractivity contribution >= 4 is 11.9 Å². The first kappa shape index (κ1) is 23.9. The van der Waals surface area contributed by atoms with Gasteiger partial charge in [-0.15, -0.1) is 0 Å². The Bertz CT molecular complexity index is 1230. The molecule has 182 valence electrons. The molecule has 0 spiro atoms. The van der Waals surface area contributed by atoms with Crippen LogP contribution in [-0.4, -0.2) is 49.3 Å². The number of esters is 1. The van der Waals surface area contributed by atoms with Crippen LogP contribution in [0.2, 0.25) is 0 Å². The molecule has 0 saturated heterocycles. The lowest BCUT2D eigenvalue weighted by Gasteiger charge is -2.37. The van der Waals surface area contributed by atoms with E-state index in [2.05, 4.69) is 0 Å². The molecule has 2 atom stereocenters. The van der Waals surface area contributed by atoms with E-state index >= 15 is 0 Å². The van der Waals surface area contributed by atoms with Gasteiger partial charge in [0.05, 0.1) is 27.2 Å². The highest BCUT2D eigenvalue weighted by Crippen LogP contribution is 2.48. The van der Waals surface area contributed by atoms with E-state index < -0.39 is 23.6 Å². The smallest absolute Gasteiger partial charge is 0.378 e. The van der Waals surface area contributed by atoms with Gasteiger partial charge in [-0.1, -0.05) is 42.5 Å². The average molecular weight is 480 g/mol. The lowest BCUT2D eigenvalue weighted by Crippen LogP contribution is -2.52. The van der Waals surface area contributed by atoms with Crippen molar-refractivity contribution in [1.82, 2.24) is 0 Å². The molecular formula is C26H24O9. The molecule has 9 heteroatoms. The van der Waals surface area contributed by atoms with Gasteiger partial charge < -0.3 is 33.9 Å². The summed E-state index contributed by atoms with van der Waals surface area (Å²) in [5.74, 6) is -6.02. The molecule has 0 aliphatic carbocycles. The molecule has 2 N–H and O–H groups in total. The number of carbonyl (C=O) groups is 2. The number of hydrogen-bond donors (Lipinski definition) is 2. The van der Waals surface area contributed by atoms with Crippen LogP contribution in [0.4, 0.5) is 0 Å². The second-order valence-electron chi connectivity index (χ2n) is 7.78. The summed E-state index contributed by atoms with van der Waals surface area (Å²) in [6.45, 7) is 0.169. The number of aliphatic hydroxyl groups is 1. The maximum absolute atomic E-state index is 13.0. The highest BCUT2D eigenvalue weighted by molar-refractivity contribution is 5.99. The van der Waals surface area contributed by atoms with Crippen LogP contribution in [0.25, 0.3) is 0 Å². The van der Waals surface area contributed by atoms with E-state index in [0.29, 0.717) is 0 Å². The lowest BCUT2D eigenvalue weighted by atomic mass is 9.79. The van der Waals surface area contributed by atoms with Crippen molar-refractivity contribution in [3.05, 3.63) is 82.9 Å². The van der Waals surface area contributed by atoms with Crippen molar-refractivity contribution in [3.63, 3.8) is 0 Å². The molecule has 9 nitrogen and oxygen atoms in total. The van der Waals surface area contributed by atoms with Crippen LogP contribution in [0.5, 0.6) is 23.0 Å². The van der Waals surface area contributed by atoms with Crippen molar-refractivity contribution in [2.45, 2.75) is 18.3 Å². The van der Waals surface area contributed by atoms with Gasteiger partial charge in [-0.2, -0.15) is 0 Å². The average Bonchev–Trinajstić information content (AvgIpc) is 2.87. The fourth-order valence-electron chi connectivity index (χ4n) is 4.17. The number of aliphatic carboxylic acids is 1. The molecule has 0 aromatic heterocycles. The van der Waals surface area contributed by atoms with Crippen molar-refractivity contribution in [2.75, 3.05) is 21.3 Å². The predicted molar refractivity (Wildman–Crippen MR) is 123 cm³/mol.